The first-order valence-corrected chi connectivity index (χ1v) is 5.79. The number of nitrogens with zero attached hydrogens (tertiary/aromatic N) is 1. The highest BCUT2D eigenvalue weighted by molar-refractivity contribution is 9.10. The molecule has 0 aliphatic heterocycles. The highest BCUT2D eigenvalue weighted by Crippen LogP contribution is 2.12. The van der Waals surface area contributed by atoms with E-state index in [0.29, 0.717) is 6.42 Å². The van der Waals surface area contributed by atoms with Gasteiger partial charge in [0.2, 0.25) is 0 Å². The summed E-state index contributed by atoms with van der Waals surface area (Å²) >= 11 is 3.44. The second-order valence-corrected chi connectivity index (χ2v) is 4.74. The van der Waals surface area contributed by atoms with E-state index in [1.807, 2.05) is 19.2 Å². The maximum Gasteiger partial charge on any atom is 0.131 e. The monoisotopic (exact) mass is 269 g/mol. The largest absolute Gasteiger partial charge is 0.302 e. The number of carbonyl (C=O) groups is 1. The van der Waals surface area contributed by atoms with Crippen LogP contribution in [0.25, 0.3) is 0 Å². The van der Waals surface area contributed by atoms with Gasteiger partial charge >= 0.3 is 0 Å². The van der Waals surface area contributed by atoms with Gasteiger partial charge in [-0.3, -0.25) is 4.79 Å². The van der Waals surface area contributed by atoms with E-state index >= 15 is 0 Å². The van der Waals surface area contributed by atoms with Gasteiger partial charge in [-0.15, -0.1) is 0 Å². The third-order valence-electron chi connectivity index (χ3n) is 2.19. The molecule has 0 amide bonds. The summed E-state index contributed by atoms with van der Waals surface area (Å²) in [6.07, 6.45) is 0.629. The predicted octanol–water partition coefficient (Wildman–Crippen LogP) is 2.86. The Labute approximate surface area is 99.4 Å². The zero-order chi connectivity index (χ0) is 11.3. The molecule has 0 aliphatic rings. The summed E-state index contributed by atoms with van der Waals surface area (Å²) in [6.45, 7) is 3.33. The van der Waals surface area contributed by atoms with Crippen LogP contribution in [0.5, 0.6) is 0 Å². The van der Waals surface area contributed by atoms with Crippen molar-refractivity contribution in [3.8, 4) is 0 Å². The van der Waals surface area contributed by atoms with Crippen molar-refractivity contribution in [3.63, 3.8) is 0 Å². The number of Topliss-reactive ketones (excluding diaryl/α,β-unsaturated/α-hetero) is 1. The lowest BCUT2D eigenvalue weighted by molar-refractivity contribution is -0.117. The van der Waals surface area contributed by atoms with Crippen molar-refractivity contribution in [1.29, 1.82) is 0 Å². The maximum atomic E-state index is 10.8. The van der Waals surface area contributed by atoms with Gasteiger partial charge in [0, 0.05) is 24.0 Å². The van der Waals surface area contributed by atoms with Crippen LogP contribution in [-0.2, 0) is 11.3 Å². The number of ketones is 1. The fourth-order valence-electron chi connectivity index (χ4n) is 1.37. The molecule has 0 radical (unpaired) electrons. The van der Waals surface area contributed by atoms with Crippen LogP contribution >= 0.6 is 15.9 Å². The molecule has 0 aliphatic carbocycles. The van der Waals surface area contributed by atoms with E-state index in [2.05, 4.69) is 33.0 Å². The minimum Gasteiger partial charge on any atom is -0.302 e. The average molecular weight is 270 g/mol. The summed E-state index contributed by atoms with van der Waals surface area (Å²) in [5.41, 5.74) is 1.26. The van der Waals surface area contributed by atoms with Crippen molar-refractivity contribution in [3.05, 3.63) is 34.3 Å². The second kappa shape index (κ2) is 6.03. The molecule has 0 saturated heterocycles. The number of rotatable bonds is 5. The molecule has 0 N–H and O–H groups in total. The number of benzene rings is 1. The summed E-state index contributed by atoms with van der Waals surface area (Å²) in [7, 11) is 2.03. The van der Waals surface area contributed by atoms with E-state index in [0.717, 1.165) is 17.6 Å². The van der Waals surface area contributed by atoms with Gasteiger partial charge in [0.15, 0.2) is 0 Å². The second-order valence-electron chi connectivity index (χ2n) is 3.82. The standard InChI is InChI=1S/C12H16BrNO/c1-10(15)6-7-14(2)9-11-4-3-5-12(13)8-11/h3-5,8H,6-7,9H2,1-2H3. The molecule has 0 heterocycles. The average Bonchev–Trinajstić information content (AvgIpc) is 2.15. The van der Waals surface area contributed by atoms with Gasteiger partial charge < -0.3 is 4.90 Å². The van der Waals surface area contributed by atoms with Crippen molar-refractivity contribution in [2.45, 2.75) is 19.9 Å². The summed E-state index contributed by atoms with van der Waals surface area (Å²) < 4.78 is 1.10. The highest BCUT2D eigenvalue weighted by Gasteiger charge is 2.02. The third-order valence-corrected chi connectivity index (χ3v) is 2.68. The van der Waals surface area contributed by atoms with Crippen LogP contribution in [0.3, 0.4) is 0 Å². The Morgan fingerprint density at radius 1 is 1.47 bits per heavy atom. The molecule has 3 heteroatoms. The van der Waals surface area contributed by atoms with Crippen LogP contribution in [0.15, 0.2) is 28.7 Å². The number of halogens is 1. The fraction of sp³-hybridized carbons (Fsp3) is 0.417. The van der Waals surface area contributed by atoms with Gasteiger partial charge in [-0.25, -0.2) is 0 Å². The van der Waals surface area contributed by atoms with Gasteiger partial charge in [0.25, 0.3) is 0 Å². The normalized spacial score (nSPS) is 10.7. The zero-order valence-corrected chi connectivity index (χ0v) is 10.8. The molecule has 0 bridgehead atoms. The summed E-state index contributed by atoms with van der Waals surface area (Å²) in [5.74, 6) is 0.246. The van der Waals surface area contributed by atoms with Crippen LogP contribution in [-0.4, -0.2) is 24.3 Å². The fourth-order valence-corrected chi connectivity index (χ4v) is 1.82. The van der Waals surface area contributed by atoms with E-state index < -0.39 is 0 Å². The predicted molar refractivity (Wildman–Crippen MR) is 65.8 cm³/mol. The molecule has 0 unspecified atom stereocenters. The first-order valence-electron chi connectivity index (χ1n) is 5.00. The molecule has 2 nitrogen and oxygen atoms in total. The van der Waals surface area contributed by atoms with Crippen molar-refractivity contribution in [2.24, 2.45) is 0 Å². The Bertz CT molecular complexity index is 338. The van der Waals surface area contributed by atoms with E-state index in [-0.39, 0.29) is 5.78 Å². The highest BCUT2D eigenvalue weighted by atomic mass is 79.9. The molecule has 1 aromatic carbocycles. The van der Waals surface area contributed by atoms with Gasteiger partial charge in [-0.2, -0.15) is 0 Å². The molecule has 0 saturated carbocycles. The molecular formula is C12H16BrNO. The van der Waals surface area contributed by atoms with Gasteiger partial charge in [-0.05, 0) is 31.7 Å². The lowest BCUT2D eigenvalue weighted by Gasteiger charge is -2.15. The smallest absolute Gasteiger partial charge is 0.131 e. The van der Waals surface area contributed by atoms with E-state index in [4.69, 9.17) is 0 Å². The molecule has 82 valence electrons. The van der Waals surface area contributed by atoms with E-state index in [9.17, 15) is 4.79 Å². The molecule has 0 aromatic heterocycles. The Morgan fingerprint density at radius 2 is 2.20 bits per heavy atom. The van der Waals surface area contributed by atoms with Gasteiger partial charge in [-0.1, -0.05) is 28.1 Å². The number of carbonyl (C=O) groups excluding carboxylic acids is 1. The first-order chi connectivity index (χ1) is 7.08. The number of hydrogen-bond acceptors (Lipinski definition) is 2. The third kappa shape index (κ3) is 5.09. The van der Waals surface area contributed by atoms with Crippen molar-refractivity contribution < 1.29 is 4.79 Å². The Kier molecular flexibility index (Phi) is 4.99. The lowest BCUT2D eigenvalue weighted by Crippen LogP contribution is -2.20. The minimum atomic E-state index is 0.246. The van der Waals surface area contributed by atoms with Crippen LogP contribution < -0.4 is 0 Å². The quantitative estimate of drug-likeness (QED) is 0.820. The van der Waals surface area contributed by atoms with Crippen LogP contribution in [0.1, 0.15) is 18.9 Å². The van der Waals surface area contributed by atoms with Gasteiger partial charge in [0.1, 0.15) is 5.78 Å². The summed E-state index contributed by atoms with van der Waals surface area (Å²) in [5, 5.41) is 0. The van der Waals surface area contributed by atoms with Crippen molar-refractivity contribution in [1.82, 2.24) is 4.90 Å². The Morgan fingerprint density at radius 3 is 2.80 bits per heavy atom. The number of hydrogen-bond donors (Lipinski definition) is 0. The SMILES string of the molecule is CC(=O)CCN(C)Cc1cccc(Br)c1. The minimum absolute atomic E-state index is 0.246. The molecule has 1 rings (SSSR count). The molecule has 1 aromatic rings. The Balaban J connectivity index is 2.44. The summed E-state index contributed by atoms with van der Waals surface area (Å²) in [6, 6.07) is 8.23. The van der Waals surface area contributed by atoms with Crippen molar-refractivity contribution in [2.75, 3.05) is 13.6 Å². The Hall–Kier alpha value is -0.670. The first kappa shape index (κ1) is 12.4. The lowest BCUT2D eigenvalue weighted by atomic mass is 10.2. The molecular weight excluding hydrogens is 254 g/mol. The van der Waals surface area contributed by atoms with Crippen LogP contribution in [0, 0.1) is 0 Å². The van der Waals surface area contributed by atoms with Crippen molar-refractivity contribution >= 4 is 21.7 Å². The van der Waals surface area contributed by atoms with Crippen LogP contribution in [0.4, 0.5) is 0 Å². The topological polar surface area (TPSA) is 20.3 Å². The van der Waals surface area contributed by atoms with E-state index in [1.165, 1.54) is 5.56 Å². The van der Waals surface area contributed by atoms with Crippen LogP contribution in [0.2, 0.25) is 0 Å². The molecule has 0 fully saturated rings. The molecule has 0 spiro atoms. The van der Waals surface area contributed by atoms with Gasteiger partial charge in [0.05, 0.1) is 0 Å². The maximum absolute atomic E-state index is 10.8. The molecule has 15 heavy (non-hydrogen) atoms. The molecule has 0 atom stereocenters. The zero-order valence-electron chi connectivity index (χ0n) is 9.16. The van der Waals surface area contributed by atoms with E-state index in [1.54, 1.807) is 6.92 Å². The summed E-state index contributed by atoms with van der Waals surface area (Å²) in [4.78, 5) is 13.0.